The minimum Gasteiger partial charge on any atom is -0.494 e. The van der Waals surface area contributed by atoms with Gasteiger partial charge >= 0.3 is 0 Å². The van der Waals surface area contributed by atoms with E-state index in [-0.39, 0.29) is 0 Å². The molecule has 0 unspecified atom stereocenters. The van der Waals surface area contributed by atoms with Crippen LogP contribution < -0.4 is 10.1 Å². The summed E-state index contributed by atoms with van der Waals surface area (Å²) in [4.78, 5) is 0. The van der Waals surface area contributed by atoms with Crippen molar-refractivity contribution in [3.8, 4) is 5.75 Å². The Morgan fingerprint density at radius 1 is 1.33 bits per heavy atom. The first kappa shape index (κ1) is 9.07. The fourth-order valence-corrected chi connectivity index (χ4v) is 1.14. The lowest BCUT2D eigenvalue weighted by molar-refractivity contribution is 0.336. The molecule has 2 heteroatoms. The monoisotopic (exact) mass is 165 g/mol. The predicted molar refractivity (Wildman–Crippen MR) is 50.4 cm³/mol. The number of ether oxygens (including phenoxy) is 1. The van der Waals surface area contributed by atoms with Crippen molar-refractivity contribution in [3.05, 3.63) is 29.8 Å². The van der Waals surface area contributed by atoms with Crippen LogP contribution in [0.2, 0.25) is 0 Å². The lowest BCUT2D eigenvalue weighted by Gasteiger charge is -2.08. The van der Waals surface area contributed by atoms with E-state index in [4.69, 9.17) is 4.74 Å². The Labute approximate surface area is 73.6 Å². The van der Waals surface area contributed by atoms with Crippen LogP contribution in [0.5, 0.6) is 5.75 Å². The van der Waals surface area contributed by atoms with Crippen molar-refractivity contribution in [3.63, 3.8) is 0 Å². The normalized spacial score (nSPS) is 9.83. The van der Waals surface area contributed by atoms with E-state index in [0.717, 1.165) is 18.9 Å². The molecule has 0 aliphatic rings. The average Bonchev–Trinajstić information content (AvgIpc) is 2.09. The molecule has 0 spiro atoms. The molecule has 0 fully saturated rings. The van der Waals surface area contributed by atoms with Crippen molar-refractivity contribution >= 4 is 0 Å². The van der Waals surface area contributed by atoms with Gasteiger partial charge in [0.25, 0.3) is 0 Å². The Morgan fingerprint density at radius 2 is 2.08 bits per heavy atom. The standard InChI is InChI=1S/C10H15NO/c1-3-12-10-7-5-4-6-9(10)8-11-2/h4-7,11H,3,8H2,1-2H3. The first-order chi connectivity index (χ1) is 5.88. The number of hydrogen-bond acceptors (Lipinski definition) is 2. The van der Waals surface area contributed by atoms with Crippen LogP contribution in [0, 0.1) is 0 Å². The molecular formula is C10H15NO. The molecule has 1 rings (SSSR count). The fraction of sp³-hybridized carbons (Fsp3) is 0.400. The van der Waals surface area contributed by atoms with E-state index in [9.17, 15) is 0 Å². The highest BCUT2D eigenvalue weighted by molar-refractivity contribution is 5.33. The van der Waals surface area contributed by atoms with E-state index >= 15 is 0 Å². The Balaban J connectivity index is 2.77. The second-order valence-electron chi connectivity index (χ2n) is 2.57. The molecular weight excluding hydrogens is 150 g/mol. The third-order valence-electron chi connectivity index (χ3n) is 1.64. The van der Waals surface area contributed by atoms with E-state index in [1.54, 1.807) is 0 Å². The molecule has 0 bridgehead atoms. The average molecular weight is 165 g/mol. The van der Waals surface area contributed by atoms with E-state index in [2.05, 4.69) is 11.4 Å². The number of para-hydroxylation sites is 1. The summed E-state index contributed by atoms with van der Waals surface area (Å²) >= 11 is 0. The maximum absolute atomic E-state index is 5.45. The van der Waals surface area contributed by atoms with E-state index in [1.807, 2.05) is 32.2 Å². The molecule has 0 saturated carbocycles. The van der Waals surface area contributed by atoms with Gasteiger partial charge in [-0.25, -0.2) is 0 Å². The lowest BCUT2D eigenvalue weighted by Crippen LogP contribution is -2.07. The van der Waals surface area contributed by atoms with Crippen LogP contribution in [0.15, 0.2) is 24.3 Å². The molecule has 12 heavy (non-hydrogen) atoms. The molecule has 0 atom stereocenters. The summed E-state index contributed by atoms with van der Waals surface area (Å²) in [5.41, 5.74) is 1.21. The summed E-state index contributed by atoms with van der Waals surface area (Å²) in [6.45, 7) is 3.58. The van der Waals surface area contributed by atoms with Gasteiger partial charge < -0.3 is 10.1 Å². The first-order valence-electron chi connectivity index (χ1n) is 4.23. The zero-order valence-electron chi connectivity index (χ0n) is 7.63. The highest BCUT2D eigenvalue weighted by Crippen LogP contribution is 2.16. The SMILES string of the molecule is CCOc1ccccc1CNC. The predicted octanol–water partition coefficient (Wildman–Crippen LogP) is 1.80. The van der Waals surface area contributed by atoms with Crippen LogP contribution >= 0.6 is 0 Å². The highest BCUT2D eigenvalue weighted by Gasteiger charge is 1.99. The van der Waals surface area contributed by atoms with Gasteiger partial charge in [-0.15, -0.1) is 0 Å². The summed E-state index contributed by atoms with van der Waals surface area (Å²) in [5, 5.41) is 3.10. The topological polar surface area (TPSA) is 21.3 Å². The van der Waals surface area contributed by atoms with Gasteiger partial charge in [0.05, 0.1) is 6.61 Å². The molecule has 2 nitrogen and oxygen atoms in total. The van der Waals surface area contributed by atoms with Crippen LogP contribution in [0.25, 0.3) is 0 Å². The smallest absolute Gasteiger partial charge is 0.123 e. The van der Waals surface area contributed by atoms with Crippen LogP contribution in [0.3, 0.4) is 0 Å². The number of rotatable bonds is 4. The van der Waals surface area contributed by atoms with Crippen molar-refractivity contribution < 1.29 is 4.74 Å². The van der Waals surface area contributed by atoms with Crippen molar-refractivity contribution in [1.82, 2.24) is 5.32 Å². The largest absolute Gasteiger partial charge is 0.494 e. The Morgan fingerprint density at radius 3 is 2.75 bits per heavy atom. The van der Waals surface area contributed by atoms with Gasteiger partial charge in [-0.2, -0.15) is 0 Å². The van der Waals surface area contributed by atoms with Crippen LogP contribution in [0.1, 0.15) is 12.5 Å². The van der Waals surface area contributed by atoms with Gasteiger partial charge in [0, 0.05) is 12.1 Å². The summed E-state index contributed by atoms with van der Waals surface area (Å²) < 4.78 is 5.45. The van der Waals surface area contributed by atoms with Crippen molar-refractivity contribution in [2.45, 2.75) is 13.5 Å². The highest BCUT2D eigenvalue weighted by atomic mass is 16.5. The molecule has 0 saturated heterocycles. The fourth-order valence-electron chi connectivity index (χ4n) is 1.14. The number of benzene rings is 1. The minimum absolute atomic E-state index is 0.723. The quantitative estimate of drug-likeness (QED) is 0.734. The zero-order chi connectivity index (χ0) is 8.81. The molecule has 0 aromatic heterocycles. The Kier molecular flexibility index (Phi) is 3.61. The second kappa shape index (κ2) is 4.78. The van der Waals surface area contributed by atoms with Gasteiger partial charge in [-0.1, -0.05) is 18.2 Å². The Hall–Kier alpha value is -1.02. The van der Waals surface area contributed by atoms with Crippen LogP contribution in [-0.4, -0.2) is 13.7 Å². The molecule has 0 aliphatic heterocycles. The van der Waals surface area contributed by atoms with E-state index in [0.29, 0.717) is 0 Å². The molecule has 1 aromatic rings. The molecule has 0 aliphatic carbocycles. The number of nitrogens with one attached hydrogen (secondary N) is 1. The maximum Gasteiger partial charge on any atom is 0.123 e. The molecule has 0 radical (unpaired) electrons. The minimum atomic E-state index is 0.723. The van der Waals surface area contributed by atoms with Crippen molar-refractivity contribution in [1.29, 1.82) is 0 Å². The van der Waals surface area contributed by atoms with Gasteiger partial charge in [0.1, 0.15) is 5.75 Å². The molecule has 1 N–H and O–H groups in total. The third kappa shape index (κ3) is 2.24. The lowest BCUT2D eigenvalue weighted by atomic mass is 10.2. The maximum atomic E-state index is 5.45. The van der Waals surface area contributed by atoms with Gasteiger partial charge in [0.2, 0.25) is 0 Å². The van der Waals surface area contributed by atoms with Gasteiger partial charge in [-0.3, -0.25) is 0 Å². The molecule has 1 aromatic carbocycles. The number of hydrogen-bond donors (Lipinski definition) is 1. The molecule has 0 heterocycles. The summed E-state index contributed by atoms with van der Waals surface area (Å²) in [5.74, 6) is 0.981. The van der Waals surface area contributed by atoms with Crippen molar-refractivity contribution in [2.24, 2.45) is 0 Å². The van der Waals surface area contributed by atoms with Gasteiger partial charge in [0.15, 0.2) is 0 Å². The van der Waals surface area contributed by atoms with E-state index in [1.165, 1.54) is 5.56 Å². The van der Waals surface area contributed by atoms with Crippen LogP contribution in [-0.2, 0) is 6.54 Å². The summed E-state index contributed by atoms with van der Waals surface area (Å²) in [6.07, 6.45) is 0. The second-order valence-corrected chi connectivity index (χ2v) is 2.57. The molecule has 66 valence electrons. The third-order valence-corrected chi connectivity index (χ3v) is 1.64. The molecule has 0 amide bonds. The summed E-state index contributed by atoms with van der Waals surface area (Å²) in [6, 6.07) is 8.08. The zero-order valence-corrected chi connectivity index (χ0v) is 7.63. The van der Waals surface area contributed by atoms with Gasteiger partial charge in [-0.05, 0) is 20.0 Å². The summed E-state index contributed by atoms with van der Waals surface area (Å²) in [7, 11) is 1.93. The van der Waals surface area contributed by atoms with Crippen molar-refractivity contribution in [2.75, 3.05) is 13.7 Å². The van der Waals surface area contributed by atoms with Crippen LogP contribution in [0.4, 0.5) is 0 Å². The van der Waals surface area contributed by atoms with E-state index < -0.39 is 0 Å². The first-order valence-corrected chi connectivity index (χ1v) is 4.23. The Bertz CT molecular complexity index is 210.